The van der Waals surface area contributed by atoms with Crippen molar-refractivity contribution in [1.82, 2.24) is 0 Å². The van der Waals surface area contributed by atoms with Crippen molar-refractivity contribution in [3.05, 3.63) is 59.7 Å². The van der Waals surface area contributed by atoms with Gasteiger partial charge in [0.15, 0.2) is 0 Å². The summed E-state index contributed by atoms with van der Waals surface area (Å²) in [5.74, 6) is -5.92. The van der Waals surface area contributed by atoms with Crippen molar-refractivity contribution in [2.45, 2.75) is 38.9 Å². The van der Waals surface area contributed by atoms with Crippen molar-refractivity contribution < 1.29 is 38.2 Å². The van der Waals surface area contributed by atoms with Gasteiger partial charge < -0.3 is 14.2 Å². The van der Waals surface area contributed by atoms with E-state index < -0.39 is 63.0 Å². The maximum atomic E-state index is 14.4. The molecule has 0 N–H and O–H groups in total. The molecular formula is C33H33BrN2O8. The van der Waals surface area contributed by atoms with Gasteiger partial charge in [0.1, 0.15) is 11.5 Å². The van der Waals surface area contributed by atoms with E-state index >= 15 is 0 Å². The Hall–Kier alpha value is -3.99. The number of hydrogen-bond acceptors (Lipinski definition) is 8. The molecule has 0 aromatic heterocycles. The number of carbonyl (C=O) groups is 5. The summed E-state index contributed by atoms with van der Waals surface area (Å²) in [6, 6.07) is 13.2. The number of alkyl halides is 1. The Balaban J connectivity index is 1.51. The van der Waals surface area contributed by atoms with Gasteiger partial charge in [-0.3, -0.25) is 19.2 Å². The van der Waals surface area contributed by atoms with Gasteiger partial charge >= 0.3 is 5.97 Å². The maximum Gasteiger partial charge on any atom is 0.334 e. The van der Waals surface area contributed by atoms with Gasteiger partial charge in [-0.2, -0.15) is 0 Å². The molecule has 0 spiro atoms. The summed E-state index contributed by atoms with van der Waals surface area (Å²) in [5.41, 5.74) is -0.258. The van der Waals surface area contributed by atoms with Crippen LogP contribution in [0.1, 0.15) is 34.6 Å². The van der Waals surface area contributed by atoms with Crippen LogP contribution in [0.5, 0.6) is 11.5 Å². The van der Waals surface area contributed by atoms with Crippen molar-refractivity contribution in [1.29, 1.82) is 0 Å². The fraction of sp³-hybridized carbons (Fsp3) is 0.424. The molecule has 2 aromatic carbocycles. The lowest BCUT2D eigenvalue weighted by Crippen LogP contribution is -2.67. The third kappa shape index (κ3) is 3.80. The molecule has 6 atom stereocenters. The maximum absolute atomic E-state index is 14.4. The van der Waals surface area contributed by atoms with E-state index in [1.54, 1.807) is 69.3 Å². The van der Waals surface area contributed by atoms with E-state index in [9.17, 15) is 24.0 Å². The van der Waals surface area contributed by atoms with E-state index in [1.165, 1.54) is 0 Å². The number of hydrogen-bond donors (Lipinski definition) is 0. The predicted molar refractivity (Wildman–Crippen MR) is 163 cm³/mol. The number of allylic oxidation sites excluding steroid dienone is 1. The van der Waals surface area contributed by atoms with Crippen molar-refractivity contribution in [3.63, 3.8) is 0 Å². The molecule has 10 nitrogen and oxygen atoms in total. The van der Waals surface area contributed by atoms with Crippen LogP contribution in [0.3, 0.4) is 0 Å². The van der Waals surface area contributed by atoms with Crippen LogP contribution in [-0.2, 0) is 28.7 Å². The zero-order chi connectivity index (χ0) is 31.7. The minimum absolute atomic E-state index is 0.0690. The summed E-state index contributed by atoms with van der Waals surface area (Å²) >= 11 is 3.79. The average molecular weight is 666 g/mol. The van der Waals surface area contributed by atoms with Gasteiger partial charge in [-0.05, 0) is 81.8 Å². The van der Waals surface area contributed by atoms with Gasteiger partial charge in [0.05, 0.1) is 59.2 Å². The van der Waals surface area contributed by atoms with Crippen LogP contribution in [0, 0.1) is 29.1 Å². The average Bonchev–Trinajstić information content (AvgIpc) is 3.43. The molecule has 2 aromatic rings. The molecule has 3 fully saturated rings. The van der Waals surface area contributed by atoms with Gasteiger partial charge in [-0.25, -0.2) is 14.6 Å². The highest BCUT2D eigenvalue weighted by Crippen LogP contribution is 2.72. The molecule has 2 aliphatic heterocycles. The molecule has 5 aliphatic rings. The van der Waals surface area contributed by atoms with E-state index in [-0.39, 0.29) is 12.2 Å². The standard InChI is InChI=1S/C33H33BrN2O8/c1-6-42-20-13-9-18(10-14-20)35-27(37)23-25(29(35)39)33(34)17(4)22(31(41)44-8-3)32(23,5)24-26(33)30(40)36(28(24)38)19-11-15-21(16-12-19)43-7-2/h9-16,23-26H,6-8H2,1-5H3/t23-,24+,25-,26-,32?,33?/m1/s1. The third-order valence-corrected chi connectivity index (χ3v) is 11.2. The SMILES string of the molecule is CCOC(=O)C1=C(C)C2(Br)[C@H]3C(=O)N(c4ccc(OCC)cc4)C(=O)[C@H]3C1(C)[C@H]1C(=O)N(c3ccc(OCC)cc3)C(=O)[C@@H]12. The summed E-state index contributed by atoms with van der Waals surface area (Å²) < 4.78 is 15.0. The zero-order valence-electron chi connectivity index (χ0n) is 25.1. The molecule has 2 saturated heterocycles. The number of carbonyl (C=O) groups excluding carboxylic acids is 5. The van der Waals surface area contributed by atoms with Crippen molar-refractivity contribution in [3.8, 4) is 11.5 Å². The summed E-state index contributed by atoms with van der Waals surface area (Å²) in [4.78, 5) is 73.4. The first-order chi connectivity index (χ1) is 21.0. The normalized spacial score (nSPS) is 30.6. The summed E-state index contributed by atoms with van der Waals surface area (Å²) in [6.45, 7) is 9.69. The molecule has 2 bridgehead atoms. The quantitative estimate of drug-likeness (QED) is 0.231. The fourth-order valence-corrected chi connectivity index (χ4v) is 9.07. The zero-order valence-corrected chi connectivity index (χ0v) is 26.7. The number of esters is 1. The Morgan fingerprint density at radius 1 is 0.705 bits per heavy atom. The fourth-order valence-electron chi connectivity index (χ4n) is 7.96. The number of halogens is 1. The summed E-state index contributed by atoms with van der Waals surface area (Å²) in [7, 11) is 0. The molecule has 4 amide bonds. The third-order valence-electron chi connectivity index (χ3n) is 9.59. The Labute approximate surface area is 263 Å². The molecule has 230 valence electrons. The monoisotopic (exact) mass is 664 g/mol. The van der Waals surface area contributed by atoms with Crippen LogP contribution in [0.2, 0.25) is 0 Å². The second kappa shape index (κ2) is 10.6. The Kier molecular flexibility index (Phi) is 7.22. The van der Waals surface area contributed by atoms with Crippen LogP contribution in [0.4, 0.5) is 11.4 Å². The molecule has 7 rings (SSSR count). The van der Waals surface area contributed by atoms with Crippen LogP contribution < -0.4 is 19.3 Å². The number of nitrogens with zero attached hydrogens (tertiary/aromatic N) is 2. The molecule has 11 heteroatoms. The molecule has 2 unspecified atom stereocenters. The molecular weight excluding hydrogens is 632 g/mol. The number of imide groups is 2. The first-order valence-corrected chi connectivity index (χ1v) is 15.6. The number of rotatable bonds is 8. The lowest BCUT2D eigenvalue weighted by Gasteiger charge is -2.59. The highest BCUT2D eigenvalue weighted by atomic mass is 79.9. The van der Waals surface area contributed by atoms with Gasteiger partial charge in [0, 0.05) is 11.0 Å². The summed E-state index contributed by atoms with van der Waals surface area (Å²) in [6.07, 6.45) is 0. The first kappa shape index (κ1) is 30.1. The second-order valence-electron chi connectivity index (χ2n) is 11.6. The molecule has 3 aliphatic carbocycles. The van der Waals surface area contributed by atoms with E-state index in [4.69, 9.17) is 14.2 Å². The number of anilines is 2. The number of benzene rings is 2. The van der Waals surface area contributed by atoms with Crippen LogP contribution in [-0.4, -0.2) is 53.7 Å². The minimum Gasteiger partial charge on any atom is -0.494 e. The predicted octanol–water partition coefficient (Wildman–Crippen LogP) is 4.44. The molecule has 1 saturated carbocycles. The number of amides is 4. The largest absolute Gasteiger partial charge is 0.494 e. The van der Waals surface area contributed by atoms with E-state index in [0.29, 0.717) is 41.7 Å². The van der Waals surface area contributed by atoms with Gasteiger partial charge in [-0.15, -0.1) is 0 Å². The van der Waals surface area contributed by atoms with Crippen LogP contribution in [0.25, 0.3) is 0 Å². The van der Waals surface area contributed by atoms with E-state index in [2.05, 4.69) is 15.9 Å². The Morgan fingerprint density at radius 3 is 1.45 bits per heavy atom. The van der Waals surface area contributed by atoms with Crippen molar-refractivity contribution in [2.75, 3.05) is 29.6 Å². The van der Waals surface area contributed by atoms with Crippen LogP contribution >= 0.6 is 15.9 Å². The number of ether oxygens (including phenoxy) is 3. The Morgan fingerprint density at radius 2 is 1.09 bits per heavy atom. The molecule has 0 radical (unpaired) electrons. The molecule has 2 heterocycles. The first-order valence-electron chi connectivity index (χ1n) is 14.8. The lowest BCUT2D eigenvalue weighted by molar-refractivity contribution is -0.152. The minimum atomic E-state index is -1.51. The summed E-state index contributed by atoms with van der Waals surface area (Å²) in [5, 5.41) is 0. The van der Waals surface area contributed by atoms with Crippen molar-refractivity contribution >= 4 is 56.9 Å². The highest BCUT2D eigenvalue weighted by molar-refractivity contribution is 9.10. The molecule has 44 heavy (non-hydrogen) atoms. The van der Waals surface area contributed by atoms with Gasteiger partial charge in [0.2, 0.25) is 23.6 Å². The van der Waals surface area contributed by atoms with E-state index in [1.807, 2.05) is 13.8 Å². The second-order valence-corrected chi connectivity index (χ2v) is 12.9. The topological polar surface area (TPSA) is 120 Å². The Bertz CT molecular complexity index is 1520. The van der Waals surface area contributed by atoms with Crippen LogP contribution in [0.15, 0.2) is 59.7 Å². The van der Waals surface area contributed by atoms with Crippen molar-refractivity contribution in [2.24, 2.45) is 29.1 Å². The van der Waals surface area contributed by atoms with E-state index in [0.717, 1.165) is 9.80 Å². The van der Waals surface area contributed by atoms with Gasteiger partial charge in [0.25, 0.3) is 0 Å². The van der Waals surface area contributed by atoms with Gasteiger partial charge in [-0.1, -0.05) is 22.9 Å². The highest BCUT2D eigenvalue weighted by Gasteiger charge is 2.81. The lowest BCUT2D eigenvalue weighted by atomic mass is 9.43. The smallest absolute Gasteiger partial charge is 0.334 e.